The quantitative estimate of drug-likeness (QED) is 0.482. The van der Waals surface area contributed by atoms with E-state index >= 15 is 0 Å². The molecule has 0 bridgehead atoms. The van der Waals surface area contributed by atoms with Gasteiger partial charge in [0.2, 0.25) is 0 Å². The molecule has 3 heteroatoms. The third-order valence-corrected chi connectivity index (χ3v) is 2.03. The maximum atomic E-state index is 10.9. The fraction of sp³-hybridized carbons (Fsp3) is 0.600. The molecule has 0 spiro atoms. The molecule has 3 nitrogen and oxygen atoms in total. The van der Waals surface area contributed by atoms with E-state index in [1.54, 1.807) is 0 Å². The molecule has 1 aliphatic rings. The molecular weight excluding hydrogens is 168 g/mol. The average Bonchev–Trinajstić information content (AvgIpc) is 2.44. The van der Waals surface area contributed by atoms with Crippen LogP contribution in [0.5, 0.6) is 0 Å². The molecule has 0 unspecified atom stereocenters. The van der Waals surface area contributed by atoms with Gasteiger partial charge in [0.25, 0.3) is 0 Å². The third-order valence-electron chi connectivity index (χ3n) is 2.03. The zero-order chi connectivity index (χ0) is 9.68. The van der Waals surface area contributed by atoms with Crippen LogP contribution in [0, 0.1) is 0 Å². The van der Waals surface area contributed by atoms with E-state index in [0.717, 1.165) is 30.5 Å². The van der Waals surface area contributed by atoms with Gasteiger partial charge in [0.05, 0.1) is 6.42 Å². The minimum absolute atomic E-state index is 0.177. The molecule has 72 valence electrons. The fourth-order valence-electron chi connectivity index (χ4n) is 1.43. The second-order valence-corrected chi connectivity index (χ2v) is 3.13. The zero-order valence-electron chi connectivity index (χ0n) is 7.84. The number of carbonyl (C=O) groups excluding carboxylic acids is 2. The van der Waals surface area contributed by atoms with Crippen molar-refractivity contribution < 1.29 is 14.3 Å². The first-order chi connectivity index (χ1) is 6.27. The van der Waals surface area contributed by atoms with Gasteiger partial charge in [-0.05, 0) is 18.4 Å². The summed E-state index contributed by atoms with van der Waals surface area (Å²) in [5, 5.41) is 0. The monoisotopic (exact) mass is 182 g/mol. The van der Waals surface area contributed by atoms with E-state index in [1.165, 1.54) is 0 Å². The Bertz CT molecular complexity index is 241. The second kappa shape index (κ2) is 4.80. The number of hydrogen-bond donors (Lipinski definition) is 0. The molecule has 0 aromatic heterocycles. The number of ether oxygens (including phenoxy) is 1. The number of allylic oxidation sites excluding steroid dienone is 1. The van der Waals surface area contributed by atoms with E-state index in [4.69, 9.17) is 4.74 Å². The average molecular weight is 182 g/mol. The van der Waals surface area contributed by atoms with Gasteiger partial charge in [-0.15, -0.1) is 0 Å². The minimum Gasteiger partial charge on any atom is -0.431 e. The number of esters is 1. The Morgan fingerprint density at radius 1 is 1.46 bits per heavy atom. The summed E-state index contributed by atoms with van der Waals surface area (Å²) in [7, 11) is 0. The Kier molecular flexibility index (Phi) is 3.68. The molecule has 0 aromatic carbocycles. The van der Waals surface area contributed by atoms with E-state index in [1.807, 2.05) is 6.92 Å². The molecule has 0 aromatic rings. The number of rotatable bonds is 5. The summed E-state index contributed by atoms with van der Waals surface area (Å²) in [5.41, 5.74) is 1.01. The summed E-state index contributed by atoms with van der Waals surface area (Å²) in [6.45, 7) is 2.04. The lowest BCUT2D eigenvalue weighted by Crippen LogP contribution is -1.93. The lowest BCUT2D eigenvalue weighted by Gasteiger charge is -2.01. The molecule has 0 atom stereocenters. The molecule has 1 heterocycles. The van der Waals surface area contributed by atoms with Gasteiger partial charge >= 0.3 is 5.97 Å². The predicted molar refractivity (Wildman–Crippen MR) is 47.9 cm³/mol. The number of hydrogen-bond acceptors (Lipinski definition) is 3. The molecule has 1 rings (SSSR count). The lowest BCUT2D eigenvalue weighted by molar-refractivity contribution is -0.136. The van der Waals surface area contributed by atoms with Crippen LogP contribution in [0.2, 0.25) is 0 Å². The zero-order valence-corrected chi connectivity index (χ0v) is 7.84. The van der Waals surface area contributed by atoms with Crippen LogP contribution in [0.1, 0.15) is 39.0 Å². The van der Waals surface area contributed by atoms with Gasteiger partial charge in [-0.1, -0.05) is 6.92 Å². The van der Waals surface area contributed by atoms with Crippen LogP contribution in [0.4, 0.5) is 0 Å². The van der Waals surface area contributed by atoms with Gasteiger partial charge in [0.1, 0.15) is 12.0 Å². The molecular formula is C10H14O3. The molecule has 0 fully saturated rings. The van der Waals surface area contributed by atoms with Crippen LogP contribution in [-0.2, 0) is 14.3 Å². The summed E-state index contributed by atoms with van der Waals surface area (Å²) < 4.78 is 5.04. The summed E-state index contributed by atoms with van der Waals surface area (Å²) in [6, 6.07) is 0. The van der Waals surface area contributed by atoms with E-state index in [2.05, 4.69) is 0 Å². The first kappa shape index (κ1) is 9.96. The minimum atomic E-state index is -0.177. The normalized spacial score (nSPS) is 16.2. The van der Waals surface area contributed by atoms with Crippen molar-refractivity contribution in [3.8, 4) is 0 Å². The first-order valence-corrected chi connectivity index (χ1v) is 4.63. The smallest absolute Gasteiger partial charge is 0.315 e. The Morgan fingerprint density at radius 3 is 2.85 bits per heavy atom. The van der Waals surface area contributed by atoms with Gasteiger partial charge in [-0.25, -0.2) is 0 Å². The van der Waals surface area contributed by atoms with Gasteiger partial charge in [0, 0.05) is 12.8 Å². The summed E-state index contributed by atoms with van der Waals surface area (Å²) >= 11 is 0. The van der Waals surface area contributed by atoms with E-state index in [-0.39, 0.29) is 5.97 Å². The maximum absolute atomic E-state index is 10.9. The summed E-state index contributed by atoms with van der Waals surface area (Å²) in [6.07, 6.45) is 4.18. The Hall–Kier alpha value is -1.12. The summed E-state index contributed by atoms with van der Waals surface area (Å²) in [4.78, 5) is 21.1. The standard InChI is InChI=1S/C10H14O3/c1-2-4-9-8(5-3-6-11)7-10(12)13-9/h6H,2-5,7H2,1H3. The number of carbonyl (C=O) groups is 2. The molecule has 0 aliphatic carbocycles. The SMILES string of the molecule is CCCC1=C(CCC=O)CC(=O)O1. The molecule has 0 saturated heterocycles. The van der Waals surface area contributed by atoms with Crippen LogP contribution < -0.4 is 0 Å². The third kappa shape index (κ3) is 2.68. The van der Waals surface area contributed by atoms with Crippen molar-refractivity contribution in [1.29, 1.82) is 0 Å². The van der Waals surface area contributed by atoms with Gasteiger partial charge in [0.15, 0.2) is 0 Å². The number of cyclic esters (lactones) is 1. The van der Waals surface area contributed by atoms with E-state index in [0.29, 0.717) is 19.3 Å². The Labute approximate surface area is 77.8 Å². The van der Waals surface area contributed by atoms with Crippen LogP contribution in [0.15, 0.2) is 11.3 Å². The summed E-state index contributed by atoms with van der Waals surface area (Å²) in [5.74, 6) is 0.624. The lowest BCUT2D eigenvalue weighted by atomic mass is 10.1. The van der Waals surface area contributed by atoms with Crippen molar-refractivity contribution in [2.45, 2.75) is 39.0 Å². The van der Waals surface area contributed by atoms with E-state index in [9.17, 15) is 9.59 Å². The van der Waals surface area contributed by atoms with Crippen LogP contribution >= 0.6 is 0 Å². The van der Waals surface area contributed by atoms with Crippen molar-refractivity contribution in [3.05, 3.63) is 11.3 Å². The van der Waals surface area contributed by atoms with Crippen LogP contribution in [0.25, 0.3) is 0 Å². The van der Waals surface area contributed by atoms with E-state index < -0.39 is 0 Å². The highest BCUT2D eigenvalue weighted by Crippen LogP contribution is 2.27. The highest BCUT2D eigenvalue weighted by Gasteiger charge is 2.21. The Morgan fingerprint density at radius 2 is 2.23 bits per heavy atom. The van der Waals surface area contributed by atoms with Gasteiger partial charge < -0.3 is 9.53 Å². The molecule has 1 aliphatic heterocycles. The predicted octanol–water partition coefficient (Wildman–Crippen LogP) is 1.97. The number of aldehydes is 1. The topological polar surface area (TPSA) is 43.4 Å². The van der Waals surface area contributed by atoms with Crippen LogP contribution in [0.3, 0.4) is 0 Å². The second-order valence-electron chi connectivity index (χ2n) is 3.13. The molecule has 0 saturated carbocycles. The highest BCUT2D eigenvalue weighted by molar-refractivity contribution is 5.77. The highest BCUT2D eigenvalue weighted by atomic mass is 16.5. The van der Waals surface area contributed by atoms with Crippen molar-refractivity contribution >= 4 is 12.3 Å². The molecule has 0 amide bonds. The molecule has 0 N–H and O–H groups in total. The van der Waals surface area contributed by atoms with Crippen molar-refractivity contribution in [1.82, 2.24) is 0 Å². The fourth-order valence-corrected chi connectivity index (χ4v) is 1.43. The van der Waals surface area contributed by atoms with Gasteiger partial charge in [-0.2, -0.15) is 0 Å². The van der Waals surface area contributed by atoms with Crippen molar-refractivity contribution in [3.63, 3.8) is 0 Å². The van der Waals surface area contributed by atoms with Crippen LogP contribution in [-0.4, -0.2) is 12.3 Å². The molecule has 0 radical (unpaired) electrons. The van der Waals surface area contributed by atoms with Crippen molar-refractivity contribution in [2.24, 2.45) is 0 Å². The molecule has 13 heavy (non-hydrogen) atoms. The first-order valence-electron chi connectivity index (χ1n) is 4.63. The van der Waals surface area contributed by atoms with Crippen molar-refractivity contribution in [2.75, 3.05) is 0 Å². The maximum Gasteiger partial charge on any atom is 0.315 e. The Balaban J connectivity index is 2.57. The largest absolute Gasteiger partial charge is 0.431 e. The van der Waals surface area contributed by atoms with Gasteiger partial charge in [-0.3, -0.25) is 4.79 Å².